The highest BCUT2D eigenvalue weighted by Crippen LogP contribution is 2.04. The Hall–Kier alpha value is -1.45. The molecule has 0 aliphatic carbocycles. The predicted molar refractivity (Wildman–Crippen MR) is 50.4 cm³/mol. The van der Waals surface area contributed by atoms with Gasteiger partial charge in [-0.05, 0) is 13.3 Å². The van der Waals surface area contributed by atoms with Crippen molar-refractivity contribution in [1.29, 1.82) is 0 Å². The Bertz CT molecular complexity index is 265. The summed E-state index contributed by atoms with van der Waals surface area (Å²) in [6, 6.07) is 0. The van der Waals surface area contributed by atoms with E-state index in [2.05, 4.69) is 11.3 Å². The van der Waals surface area contributed by atoms with Gasteiger partial charge in [0.15, 0.2) is 0 Å². The number of rotatable bonds is 5. The second-order valence-corrected chi connectivity index (χ2v) is 2.99. The first-order chi connectivity index (χ1) is 6.47. The van der Waals surface area contributed by atoms with Crippen molar-refractivity contribution in [3.8, 4) is 0 Å². The van der Waals surface area contributed by atoms with Crippen LogP contribution in [0, 0.1) is 0 Å². The second-order valence-electron chi connectivity index (χ2n) is 2.99. The molecule has 0 radical (unpaired) electrons. The summed E-state index contributed by atoms with van der Waals surface area (Å²) in [5.74, 6) is -1.89. The first-order valence-corrected chi connectivity index (χ1v) is 4.39. The van der Waals surface area contributed by atoms with Gasteiger partial charge >= 0.3 is 11.9 Å². The summed E-state index contributed by atoms with van der Waals surface area (Å²) in [6.07, 6.45) is 0.881. The van der Waals surface area contributed by atoms with Gasteiger partial charge in [0.2, 0.25) is 0 Å². The number of carbonyl (C=O) groups is 3. The summed E-state index contributed by atoms with van der Waals surface area (Å²) in [7, 11) is 0. The minimum atomic E-state index is -0.820. The van der Waals surface area contributed by atoms with Crippen LogP contribution in [0.4, 0.5) is 0 Å². The maximum Gasteiger partial charge on any atom is 0.341 e. The van der Waals surface area contributed by atoms with Gasteiger partial charge in [-0.3, -0.25) is 9.59 Å². The molecule has 0 aromatic carbocycles. The van der Waals surface area contributed by atoms with E-state index in [-0.39, 0.29) is 17.8 Å². The van der Waals surface area contributed by atoms with Gasteiger partial charge in [0.05, 0.1) is 0 Å². The van der Waals surface area contributed by atoms with Crippen molar-refractivity contribution < 1.29 is 19.1 Å². The number of Topliss-reactive ketones (excluding diaryl/α,β-unsaturated/α-hetero) is 1. The van der Waals surface area contributed by atoms with Crippen LogP contribution in [0.3, 0.4) is 0 Å². The molecule has 0 saturated carbocycles. The number of esters is 2. The van der Waals surface area contributed by atoms with Crippen LogP contribution in [0.2, 0.25) is 0 Å². The molecule has 4 heteroatoms. The first kappa shape index (κ1) is 12.6. The van der Waals surface area contributed by atoms with Gasteiger partial charge in [-0.15, -0.1) is 0 Å². The van der Waals surface area contributed by atoms with Crippen LogP contribution in [0.15, 0.2) is 12.2 Å². The van der Waals surface area contributed by atoms with E-state index in [4.69, 9.17) is 0 Å². The summed E-state index contributed by atoms with van der Waals surface area (Å²) in [4.78, 5) is 32.4. The van der Waals surface area contributed by atoms with Gasteiger partial charge in [-0.1, -0.05) is 19.9 Å². The lowest BCUT2D eigenvalue weighted by Crippen LogP contribution is -2.15. The smallest absolute Gasteiger partial charge is 0.341 e. The highest BCUT2D eigenvalue weighted by Gasteiger charge is 2.14. The monoisotopic (exact) mass is 198 g/mol. The van der Waals surface area contributed by atoms with Crippen LogP contribution < -0.4 is 0 Å². The Morgan fingerprint density at radius 3 is 2.29 bits per heavy atom. The zero-order valence-corrected chi connectivity index (χ0v) is 8.46. The Balaban J connectivity index is 4.00. The fourth-order valence-electron chi connectivity index (χ4n) is 0.819. The molecular formula is C10H14O4. The zero-order valence-electron chi connectivity index (χ0n) is 8.46. The third kappa shape index (κ3) is 5.24. The molecule has 0 atom stereocenters. The van der Waals surface area contributed by atoms with Crippen LogP contribution in [-0.4, -0.2) is 17.7 Å². The maximum absolute atomic E-state index is 11.1. The third-order valence-electron chi connectivity index (χ3n) is 1.44. The first-order valence-electron chi connectivity index (χ1n) is 4.39. The minimum absolute atomic E-state index is 0.254. The van der Waals surface area contributed by atoms with E-state index in [0.29, 0.717) is 6.42 Å². The van der Waals surface area contributed by atoms with Gasteiger partial charge in [-0.2, -0.15) is 0 Å². The summed E-state index contributed by atoms with van der Waals surface area (Å²) in [5, 5.41) is 0. The lowest BCUT2D eigenvalue weighted by Gasteiger charge is -2.02. The number of hydrogen-bond donors (Lipinski definition) is 0. The Morgan fingerprint density at radius 1 is 1.29 bits per heavy atom. The molecular weight excluding hydrogens is 184 g/mol. The predicted octanol–water partition coefficient (Wildman–Crippen LogP) is 1.39. The second kappa shape index (κ2) is 6.07. The molecule has 0 N–H and O–H groups in total. The van der Waals surface area contributed by atoms with Gasteiger partial charge in [0.25, 0.3) is 0 Å². The van der Waals surface area contributed by atoms with Gasteiger partial charge in [-0.25, -0.2) is 4.79 Å². The Labute approximate surface area is 82.9 Å². The largest absolute Gasteiger partial charge is 0.389 e. The van der Waals surface area contributed by atoms with Gasteiger partial charge < -0.3 is 4.74 Å². The van der Waals surface area contributed by atoms with E-state index in [9.17, 15) is 14.4 Å². The molecule has 0 fully saturated rings. The molecule has 0 rings (SSSR count). The van der Waals surface area contributed by atoms with Crippen LogP contribution >= 0.6 is 0 Å². The molecule has 78 valence electrons. The molecule has 0 amide bonds. The number of carbonyl (C=O) groups excluding carboxylic acids is 3. The quantitative estimate of drug-likeness (QED) is 0.380. The van der Waals surface area contributed by atoms with E-state index < -0.39 is 11.9 Å². The standard InChI is InChI=1S/C10H14O4/c1-4-5-7(2)10(13)14-9(12)6-8(3)11/h2,4-6H2,1,3H3. The van der Waals surface area contributed by atoms with Gasteiger partial charge in [0, 0.05) is 5.57 Å². The number of ether oxygens (including phenoxy) is 1. The van der Waals surface area contributed by atoms with Crippen LogP contribution in [-0.2, 0) is 19.1 Å². The van der Waals surface area contributed by atoms with E-state index in [0.717, 1.165) is 6.42 Å². The fourth-order valence-corrected chi connectivity index (χ4v) is 0.819. The van der Waals surface area contributed by atoms with Gasteiger partial charge in [0.1, 0.15) is 12.2 Å². The molecule has 0 spiro atoms. The molecule has 0 aromatic heterocycles. The van der Waals surface area contributed by atoms with Crippen molar-refractivity contribution >= 4 is 17.7 Å². The average molecular weight is 198 g/mol. The normalized spacial score (nSPS) is 9.29. The maximum atomic E-state index is 11.1. The van der Waals surface area contributed by atoms with E-state index in [1.807, 2.05) is 6.92 Å². The van der Waals surface area contributed by atoms with Crippen LogP contribution in [0.1, 0.15) is 33.1 Å². The molecule has 0 unspecified atom stereocenters. The lowest BCUT2D eigenvalue weighted by molar-refractivity contribution is -0.157. The molecule has 0 bridgehead atoms. The molecule has 0 saturated heterocycles. The molecule has 0 heterocycles. The molecule has 0 aliphatic rings. The molecule has 0 aliphatic heterocycles. The van der Waals surface area contributed by atoms with Crippen molar-refractivity contribution in [2.45, 2.75) is 33.1 Å². The topological polar surface area (TPSA) is 60.4 Å². The van der Waals surface area contributed by atoms with E-state index >= 15 is 0 Å². The van der Waals surface area contributed by atoms with Crippen LogP contribution in [0.25, 0.3) is 0 Å². The van der Waals surface area contributed by atoms with E-state index in [1.165, 1.54) is 6.92 Å². The molecule has 0 aromatic rings. The van der Waals surface area contributed by atoms with E-state index in [1.54, 1.807) is 0 Å². The highest BCUT2D eigenvalue weighted by molar-refractivity contribution is 6.01. The SMILES string of the molecule is C=C(CCC)C(=O)OC(=O)CC(C)=O. The molecule has 4 nitrogen and oxygen atoms in total. The van der Waals surface area contributed by atoms with Crippen molar-refractivity contribution in [2.75, 3.05) is 0 Å². The average Bonchev–Trinajstić information content (AvgIpc) is 2.02. The Kier molecular flexibility index (Phi) is 5.44. The number of hydrogen-bond acceptors (Lipinski definition) is 4. The number of ketones is 1. The highest BCUT2D eigenvalue weighted by atomic mass is 16.6. The lowest BCUT2D eigenvalue weighted by atomic mass is 10.2. The summed E-state index contributed by atoms with van der Waals surface area (Å²) in [5.41, 5.74) is 0.254. The van der Waals surface area contributed by atoms with Crippen molar-refractivity contribution in [2.24, 2.45) is 0 Å². The van der Waals surface area contributed by atoms with Crippen molar-refractivity contribution in [3.63, 3.8) is 0 Å². The summed E-state index contributed by atoms with van der Waals surface area (Å²) < 4.78 is 4.38. The third-order valence-corrected chi connectivity index (χ3v) is 1.44. The summed E-state index contributed by atoms with van der Waals surface area (Å²) >= 11 is 0. The fraction of sp³-hybridized carbons (Fsp3) is 0.500. The zero-order chi connectivity index (χ0) is 11.1. The van der Waals surface area contributed by atoms with Crippen molar-refractivity contribution in [3.05, 3.63) is 12.2 Å². The molecule has 14 heavy (non-hydrogen) atoms. The summed E-state index contributed by atoms with van der Waals surface area (Å²) in [6.45, 7) is 6.61. The Morgan fingerprint density at radius 2 is 1.86 bits per heavy atom. The van der Waals surface area contributed by atoms with Crippen molar-refractivity contribution in [1.82, 2.24) is 0 Å². The van der Waals surface area contributed by atoms with Crippen LogP contribution in [0.5, 0.6) is 0 Å². The minimum Gasteiger partial charge on any atom is -0.389 e.